The fourth-order valence-electron chi connectivity index (χ4n) is 4.73. The fraction of sp³-hybridized carbons (Fsp3) is 0. The Morgan fingerprint density at radius 3 is 1.83 bits per heavy atom. The number of rotatable bonds is 3. The molecular weight excluding hydrogens is 444 g/mol. The second kappa shape index (κ2) is 8.15. The van der Waals surface area contributed by atoms with Gasteiger partial charge in [-0.25, -0.2) is 9.97 Å². The number of hydrogen-bond acceptors (Lipinski definition) is 3. The second-order valence-corrected chi connectivity index (χ2v) is 9.67. The zero-order chi connectivity index (χ0) is 23.2. The molecule has 3 heteroatoms. The highest BCUT2D eigenvalue weighted by atomic mass is 32.1. The summed E-state index contributed by atoms with van der Waals surface area (Å²) in [7, 11) is 0. The van der Waals surface area contributed by atoms with Crippen LogP contribution in [0.2, 0.25) is 0 Å². The van der Waals surface area contributed by atoms with Crippen LogP contribution in [-0.2, 0) is 0 Å². The molecule has 0 radical (unpaired) electrons. The van der Waals surface area contributed by atoms with Crippen LogP contribution >= 0.6 is 11.3 Å². The lowest BCUT2D eigenvalue weighted by Gasteiger charge is -2.08. The molecule has 0 spiro atoms. The molecule has 2 nitrogen and oxygen atoms in total. The average molecular weight is 465 g/mol. The van der Waals surface area contributed by atoms with Crippen molar-refractivity contribution < 1.29 is 0 Å². The number of fused-ring (bicyclic) bond motifs is 5. The fourth-order valence-corrected chi connectivity index (χ4v) is 6.02. The first-order valence-corrected chi connectivity index (χ1v) is 12.5. The van der Waals surface area contributed by atoms with Gasteiger partial charge < -0.3 is 0 Å². The standard InChI is InChI=1S/C32H20N2S/c1-3-9-21(10-4-1)22-15-17-24(18-16-22)28-31-29(34-32(33-28)25-12-5-2-6-13-25)27-20-19-23-11-7-8-14-26(23)30(27)35-31/h1-20H. The molecule has 7 aromatic rings. The quantitative estimate of drug-likeness (QED) is 0.261. The summed E-state index contributed by atoms with van der Waals surface area (Å²) in [4.78, 5) is 10.2. The minimum absolute atomic E-state index is 0.757. The molecule has 164 valence electrons. The van der Waals surface area contributed by atoms with E-state index in [2.05, 4.69) is 97.1 Å². The molecule has 0 N–H and O–H groups in total. The third-order valence-electron chi connectivity index (χ3n) is 6.50. The number of aromatic nitrogens is 2. The van der Waals surface area contributed by atoms with Crippen molar-refractivity contribution in [1.82, 2.24) is 9.97 Å². The van der Waals surface area contributed by atoms with Gasteiger partial charge in [-0.3, -0.25) is 0 Å². The Labute approximate surface area is 207 Å². The van der Waals surface area contributed by atoms with Gasteiger partial charge in [0.25, 0.3) is 0 Å². The van der Waals surface area contributed by atoms with Crippen molar-refractivity contribution in [3.05, 3.63) is 121 Å². The van der Waals surface area contributed by atoms with Crippen LogP contribution in [0, 0.1) is 0 Å². The molecule has 35 heavy (non-hydrogen) atoms. The number of nitrogens with zero attached hydrogens (tertiary/aromatic N) is 2. The molecule has 0 amide bonds. The smallest absolute Gasteiger partial charge is 0.160 e. The van der Waals surface area contributed by atoms with Crippen LogP contribution in [0.15, 0.2) is 121 Å². The third kappa shape index (κ3) is 3.40. The Bertz CT molecular complexity index is 1820. The van der Waals surface area contributed by atoms with Crippen LogP contribution in [0.5, 0.6) is 0 Å². The van der Waals surface area contributed by atoms with Gasteiger partial charge in [-0.15, -0.1) is 11.3 Å². The lowest BCUT2D eigenvalue weighted by molar-refractivity contribution is 1.24. The minimum Gasteiger partial charge on any atom is -0.226 e. The van der Waals surface area contributed by atoms with Crippen molar-refractivity contribution in [3.63, 3.8) is 0 Å². The van der Waals surface area contributed by atoms with E-state index < -0.39 is 0 Å². The molecule has 0 aliphatic carbocycles. The highest BCUT2D eigenvalue weighted by Crippen LogP contribution is 2.42. The first kappa shape index (κ1) is 20.1. The zero-order valence-corrected chi connectivity index (χ0v) is 19.7. The molecule has 2 heterocycles. The molecule has 0 saturated carbocycles. The first-order chi connectivity index (χ1) is 17.3. The van der Waals surface area contributed by atoms with Crippen molar-refractivity contribution in [2.24, 2.45) is 0 Å². The van der Waals surface area contributed by atoms with E-state index in [0.29, 0.717) is 0 Å². The van der Waals surface area contributed by atoms with E-state index in [9.17, 15) is 0 Å². The Hall–Kier alpha value is -4.34. The van der Waals surface area contributed by atoms with Crippen molar-refractivity contribution in [1.29, 1.82) is 0 Å². The van der Waals surface area contributed by atoms with E-state index in [-0.39, 0.29) is 0 Å². The molecule has 0 fully saturated rings. The summed E-state index contributed by atoms with van der Waals surface area (Å²) in [5, 5.41) is 3.70. The minimum atomic E-state index is 0.757. The summed E-state index contributed by atoms with van der Waals surface area (Å²) in [6.07, 6.45) is 0. The maximum absolute atomic E-state index is 5.12. The molecule has 0 unspecified atom stereocenters. The van der Waals surface area contributed by atoms with Gasteiger partial charge in [-0.1, -0.05) is 121 Å². The summed E-state index contributed by atoms with van der Waals surface area (Å²) < 4.78 is 2.39. The molecular formula is C32H20N2S. The van der Waals surface area contributed by atoms with Crippen LogP contribution in [0.4, 0.5) is 0 Å². The molecule has 0 saturated heterocycles. The van der Waals surface area contributed by atoms with Gasteiger partial charge in [0.1, 0.15) is 0 Å². The Morgan fingerprint density at radius 2 is 1.06 bits per heavy atom. The van der Waals surface area contributed by atoms with E-state index in [0.717, 1.165) is 32.9 Å². The topological polar surface area (TPSA) is 25.8 Å². The molecule has 5 aromatic carbocycles. The number of benzene rings is 5. The van der Waals surface area contributed by atoms with Crippen LogP contribution < -0.4 is 0 Å². The lowest BCUT2D eigenvalue weighted by atomic mass is 10.0. The van der Waals surface area contributed by atoms with E-state index in [1.807, 2.05) is 24.3 Å². The van der Waals surface area contributed by atoms with Gasteiger partial charge in [0.15, 0.2) is 5.82 Å². The summed E-state index contributed by atoms with van der Waals surface area (Å²) >= 11 is 1.79. The highest BCUT2D eigenvalue weighted by Gasteiger charge is 2.17. The maximum Gasteiger partial charge on any atom is 0.160 e. The highest BCUT2D eigenvalue weighted by molar-refractivity contribution is 7.27. The molecule has 0 bridgehead atoms. The van der Waals surface area contributed by atoms with Crippen LogP contribution in [0.1, 0.15) is 0 Å². The van der Waals surface area contributed by atoms with Gasteiger partial charge in [0.05, 0.1) is 15.9 Å². The lowest BCUT2D eigenvalue weighted by Crippen LogP contribution is -1.93. The largest absolute Gasteiger partial charge is 0.226 e. The SMILES string of the molecule is c1ccc(-c2ccc(-c3nc(-c4ccccc4)nc4c3sc3c5ccccc5ccc43)cc2)cc1. The normalized spacial score (nSPS) is 11.4. The van der Waals surface area contributed by atoms with Crippen molar-refractivity contribution >= 4 is 42.4 Å². The maximum atomic E-state index is 5.12. The third-order valence-corrected chi connectivity index (χ3v) is 7.74. The predicted molar refractivity (Wildman–Crippen MR) is 149 cm³/mol. The Balaban J connectivity index is 1.50. The van der Waals surface area contributed by atoms with Gasteiger partial charge in [-0.2, -0.15) is 0 Å². The van der Waals surface area contributed by atoms with Crippen LogP contribution in [0.25, 0.3) is 64.8 Å². The van der Waals surface area contributed by atoms with E-state index >= 15 is 0 Å². The van der Waals surface area contributed by atoms with E-state index in [4.69, 9.17) is 9.97 Å². The zero-order valence-electron chi connectivity index (χ0n) is 18.8. The van der Waals surface area contributed by atoms with Crippen LogP contribution in [-0.4, -0.2) is 9.97 Å². The van der Waals surface area contributed by atoms with Crippen LogP contribution in [0.3, 0.4) is 0 Å². The molecule has 0 aliphatic rings. The van der Waals surface area contributed by atoms with Crippen molar-refractivity contribution in [3.8, 4) is 33.8 Å². The van der Waals surface area contributed by atoms with Gasteiger partial charge in [0.2, 0.25) is 0 Å². The summed E-state index contributed by atoms with van der Waals surface area (Å²) in [5.74, 6) is 0.757. The Morgan fingerprint density at radius 1 is 0.429 bits per heavy atom. The van der Waals surface area contributed by atoms with Gasteiger partial charge in [0, 0.05) is 21.2 Å². The van der Waals surface area contributed by atoms with E-state index in [1.165, 1.54) is 32.0 Å². The molecule has 0 aliphatic heterocycles. The summed E-state index contributed by atoms with van der Waals surface area (Å²) in [6, 6.07) is 42.4. The van der Waals surface area contributed by atoms with Gasteiger partial charge >= 0.3 is 0 Å². The monoisotopic (exact) mass is 464 g/mol. The summed E-state index contributed by atoms with van der Waals surface area (Å²) in [5.41, 5.74) is 6.54. The molecule has 7 rings (SSSR count). The second-order valence-electron chi connectivity index (χ2n) is 8.65. The predicted octanol–water partition coefficient (Wildman–Crippen LogP) is 9.00. The molecule has 0 atom stereocenters. The average Bonchev–Trinajstić information content (AvgIpc) is 3.33. The van der Waals surface area contributed by atoms with Crippen molar-refractivity contribution in [2.45, 2.75) is 0 Å². The van der Waals surface area contributed by atoms with E-state index in [1.54, 1.807) is 11.3 Å². The number of hydrogen-bond donors (Lipinski definition) is 0. The molecule has 2 aromatic heterocycles. The van der Waals surface area contributed by atoms with Crippen molar-refractivity contribution in [2.75, 3.05) is 0 Å². The first-order valence-electron chi connectivity index (χ1n) is 11.7. The van der Waals surface area contributed by atoms with Gasteiger partial charge in [-0.05, 0) is 21.9 Å². The number of thiophene rings is 1. The summed E-state index contributed by atoms with van der Waals surface area (Å²) in [6.45, 7) is 0. The Kier molecular flexibility index (Phi) is 4.68.